The Morgan fingerprint density at radius 3 is 2.48 bits per heavy atom. The van der Waals surface area contributed by atoms with E-state index < -0.39 is 6.43 Å². The van der Waals surface area contributed by atoms with Crippen LogP contribution < -0.4 is 0 Å². The Labute approximate surface area is 166 Å². The Bertz CT molecular complexity index is 1090. The molecule has 152 valence electrons. The van der Waals surface area contributed by atoms with Crippen LogP contribution in [0.3, 0.4) is 0 Å². The maximum atomic E-state index is 13.3. The summed E-state index contributed by atoms with van der Waals surface area (Å²) in [6.07, 6.45) is 0.319. The monoisotopic (exact) mass is 402 g/mol. The number of alkyl halides is 2. The van der Waals surface area contributed by atoms with E-state index in [4.69, 9.17) is 4.42 Å². The summed E-state index contributed by atoms with van der Waals surface area (Å²) >= 11 is 0. The lowest BCUT2D eigenvalue weighted by atomic mass is 10.0. The first-order valence-corrected chi connectivity index (χ1v) is 9.34. The van der Waals surface area contributed by atoms with Gasteiger partial charge < -0.3 is 4.42 Å². The van der Waals surface area contributed by atoms with Crippen molar-refractivity contribution in [2.24, 2.45) is 0 Å². The van der Waals surface area contributed by atoms with Gasteiger partial charge in [0.15, 0.2) is 0 Å². The Morgan fingerprint density at radius 1 is 1.07 bits per heavy atom. The minimum atomic E-state index is -2.42. The van der Waals surface area contributed by atoms with Gasteiger partial charge in [-0.15, -0.1) is 0 Å². The quantitative estimate of drug-likeness (QED) is 0.418. The van der Waals surface area contributed by atoms with E-state index >= 15 is 0 Å². The van der Waals surface area contributed by atoms with Crippen LogP contribution in [0.15, 0.2) is 47.3 Å². The molecule has 0 aliphatic heterocycles. The molecule has 0 radical (unpaired) electrons. The normalized spacial score (nSPS) is 11.0. The van der Waals surface area contributed by atoms with Crippen molar-refractivity contribution in [3.8, 4) is 22.5 Å². The third-order valence-electron chi connectivity index (χ3n) is 4.16. The number of halogens is 3. The van der Waals surface area contributed by atoms with Gasteiger partial charge in [0.2, 0.25) is 12.1 Å². The summed E-state index contributed by atoms with van der Waals surface area (Å²) in [6, 6.07) is 7.66. The highest BCUT2D eigenvalue weighted by molar-refractivity contribution is 5.94. The van der Waals surface area contributed by atoms with Crippen molar-refractivity contribution in [3.05, 3.63) is 54.4 Å². The molecule has 0 saturated carbocycles. The molecule has 4 aromatic rings. The highest BCUT2D eigenvalue weighted by atomic mass is 19.3. The number of aryl methyl sites for hydroxylation is 2. The molecule has 4 rings (SSSR count). The van der Waals surface area contributed by atoms with Crippen LogP contribution in [-0.4, -0.2) is 26.2 Å². The fourth-order valence-electron chi connectivity index (χ4n) is 2.95. The number of hydrogen-bond donors (Lipinski definition) is 0. The first-order valence-electron chi connectivity index (χ1n) is 9.34. The number of nitrogens with zero attached hydrogens (tertiary/aromatic N) is 4. The molecule has 5 nitrogen and oxygen atoms in total. The maximum Gasteiger partial charge on any atom is 0.240 e. The topological polar surface area (TPSA) is 56.7 Å². The summed E-state index contributed by atoms with van der Waals surface area (Å²) < 4.78 is 45.5. The molecule has 3 heterocycles. The van der Waals surface area contributed by atoms with Crippen molar-refractivity contribution >= 4 is 11.1 Å². The van der Waals surface area contributed by atoms with Gasteiger partial charge in [0.1, 0.15) is 23.6 Å². The van der Waals surface area contributed by atoms with Gasteiger partial charge in [-0.05, 0) is 37.3 Å². The zero-order valence-electron chi connectivity index (χ0n) is 16.4. The average molecular weight is 402 g/mol. The van der Waals surface area contributed by atoms with Crippen LogP contribution in [0.25, 0.3) is 33.6 Å². The number of furan rings is 1. The number of aromatic nitrogens is 4. The van der Waals surface area contributed by atoms with Gasteiger partial charge in [-0.3, -0.25) is 4.68 Å². The van der Waals surface area contributed by atoms with Crippen LogP contribution in [-0.2, 0) is 6.54 Å². The molecule has 1 aromatic carbocycles. The smallest absolute Gasteiger partial charge is 0.240 e. The van der Waals surface area contributed by atoms with Gasteiger partial charge in [0, 0.05) is 30.3 Å². The summed E-state index contributed by atoms with van der Waals surface area (Å²) in [6.45, 7) is 5.86. The summed E-state index contributed by atoms with van der Waals surface area (Å²) in [7, 11) is 0. The summed E-state index contributed by atoms with van der Waals surface area (Å²) in [5.74, 6) is 0.312. The van der Waals surface area contributed by atoms with Crippen LogP contribution in [0.1, 0.15) is 26.0 Å². The molecule has 0 bridgehead atoms. The molecule has 0 aliphatic carbocycles. The lowest BCUT2D eigenvalue weighted by Gasteiger charge is -2.03. The number of hydrogen-bond acceptors (Lipinski definition) is 4. The molecule has 3 aromatic heterocycles. The van der Waals surface area contributed by atoms with Gasteiger partial charge in [-0.25, -0.2) is 23.1 Å². The van der Waals surface area contributed by atoms with Crippen LogP contribution in [0.2, 0.25) is 0 Å². The molecule has 8 heteroatoms. The number of rotatable bonds is 5. The van der Waals surface area contributed by atoms with Crippen molar-refractivity contribution in [2.75, 3.05) is 0 Å². The highest BCUT2D eigenvalue weighted by Crippen LogP contribution is 2.34. The first-order chi connectivity index (χ1) is 14.0. The minimum Gasteiger partial charge on any atom is -0.443 e. The second kappa shape index (κ2) is 8.89. The van der Waals surface area contributed by atoms with Gasteiger partial charge in [0.25, 0.3) is 0 Å². The molecule has 0 N–H and O–H groups in total. The third kappa shape index (κ3) is 4.47. The van der Waals surface area contributed by atoms with Crippen molar-refractivity contribution in [1.29, 1.82) is 0 Å². The Kier molecular flexibility index (Phi) is 6.31. The van der Waals surface area contributed by atoms with Crippen molar-refractivity contribution in [1.82, 2.24) is 19.7 Å². The Morgan fingerprint density at radius 2 is 1.79 bits per heavy atom. The zero-order chi connectivity index (χ0) is 21.0. The molecular formula is C21H21F3N4O. The summed E-state index contributed by atoms with van der Waals surface area (Å²) in [5, 5.41) is 5.14. The second-order valence-electron chi connectivity index (χ2n) is 6.14. The zero-order valence-corrected chi connectivity index (χ0v) is 16.4. The van der Waals surface area contributed by atoms with Crippen LogP contribution in [0.4, 0.5) is 13.2 Å². The minimum absolute atomic E-state index is 0.0600. The standard InChI is InChI=1S/C19H15F3N4O.C2H6/c1-11-8-14-18(23-10-24-19(14)27-11)15-9-26(7-6-16(21)22)25-17(15)12-2-4-13(20)5-3-12;1-2/h2-5,8-10,16H,6-7H2,1H3;1-2H3. The van der Waals surface area contributed by atoms with Crippen molar-refractivity contribution in [3.63, 3.8) is 0 Å². The fraction of sp³-hybridized carbons (Fsp3) is 0.286. The predicted molar refractivity (Wildman–Crippen MR) is 105 cm³/mol. The molecule has 0 spiro atoms. The molecule has 0 amide bonds. The van der Waals surface area contributed by atoms with E-state index in [1.165, 1.54) is 23.1 Å². The molecule has 0 aliphatic rings. The largest absolute Gasteiger partial charge is 0.443 e. The van der Waals surface area contributed by atoms with E-state index in [0.29, 0.717) is 39.4 Å². The molecular weight excluding hydrogens is 381 g/mol. The SMILES string of the molecule is CC.Cc1cc2c(-c3cn(CCC(F)F)nc3-c3ccc(F)cc3)ncnc2o1. The van der Waals surface area contributed by atoms with E-state index in [1.807, 2.05) is 19.9 Å². The molecule has 0 saturated heterocycles. The summed E-state index contributed by atoms with van der Waals surface area (Å²) in [4.78, 5) is 8.47. The lowest BCUT2D eigenvalue weighted by molar-refractivity contribution is 0.130. The van der Waals surface area contributed by atoms with Gasteiger partial charge in [-0.2, -0.15) is 5.10 Å². The van der Waals surface area contributed by atoms with E-state index in [1.54, 1.807) is 25.3 Å². The van der Waals surface area contributed by atoms with Crippen molar-refractivity contribution < 1.29 is 17.6 Å². The molecule has 0 fully saturated rings. The highest BCUT2D eigenvalue weighted by Gasteiger charge is 2.19. The molecule has 0 unspecified atom stereocenters. The van der Waals surface area contributed by atoms with Gasteiger partial charge in [0.05, 0.1) is 11.1 Å². The van der Waals surface area contributed by atoms with Crippen LogP contribution in [0, 0.1) is 12.7 Å². The Hall–Kier alpha value is -3.16. The number of fused-ring (bicyclic) bond motifs is 1. The van der Waals surface area contributed by atoms with E-state index in [-0.39, 0.29) is 18.8 Å². The second-order valence-corrected chi connectivity index (χ2v) is 6.14. The maximum absolute atomic E-state index is 13.3. The Balaban J connectivity index is 0.00000117. The summed E-state index contributed by atoms with van der Waals surface area (Å²) in [5.41, 5.74) is 2.85. The van der Waals surface area contributed by atoms with Gasteiger partial charge in [-0.1, -0.05) is 13.8 Å². The lowest BCUT2D eigenvalue weighted by Crippen LogP contribution is -2.03. The molecule has 29 heavy (non-hydrogen) atoms. The van der Waals surface area contributed by atoms with Crippen LogP contribution in [0.5, 0.6) is 0 Å². The van der Waals surface area contributed by atoms with Crippen LogP contribution >= 0.6 is 0 Å². The first kappa shape index (κ1) is 20.6. The number of benzene rings is 1. The third-order valence-corrected chi connectivity index (χ3v) is 4.16. The van der Waals surface area contributed by atoms with E-state index in [2.05, 4.69) is 15.1 Å². The van der Waals surface area contributed by atoms with E-state index in [0.717, 1.165) is 0 Å². The molecule has 0 atom stereocenters. The van der Waals surface area contributed by atoms with Gasteiger partial charge >= 0.3 is 0 Å². The van der Waals surface area contributed by atoms with E-state index in [9.17, 15) is 13.2 Å². The predicted octanol–water partition coefficient (Wildman–Crippen LogP) is 5.88. The average Bonchev–Trinajstić information content (AvgIpc) is 3.31. The van der Waals surface area contributed by atoms with Crippen molar-refractivity contribution in [2.45, 2.75) is 40.2 Å². The fourth-order valence-corrected chi connectivity index (χ4v) is 2.95.